The first kappa shape index (κ1) is 16.9. The van der Waals surface area contributed by atoms with E-state index < -0.39 is 11.9 Å². The van der Waals surface area contributed by atoms with E-state index in [0.29, 0.717) is 0 Å². The Kier molecular flexibility index (Phi) is 6.07. The van der Waals surface area contributed by atoms with E-state index in [9.17, 15) is 14.7 Å². The molecule has 0 aliphatic carbocycles. The van der Waals surface area contributed by atoms with Crippen molar-refractivity contribution < 1.29 is 19.5 Å². The molecular weight excluding hydrogens is 342 g/mol. The molecule has 2 N–H and O–H groups in total. The van der Waals surface area contributed by atoms with Crippen LogP contribution in [0.15, 0.2) is 40.9 Å². The summed E-state index contributed by atoms with van der Waals surface area (Å²) < 4.78 is 0. The van der Waals surface area contributed by atoms with Gasteiger partial charge in [0.2, 0.25) is 11.6 Å². The Balaban J connectivity index is 2.07. The second-order valence-corrected chi connectivity index (χ2v) is 5.35. The molecule has 1 aromatic heterocycles. The van der Waals surface area contributed by atoms with E-state index in [1.54, 1.807) is 0 Å². The van der Waals surface area contributed by atoms with E-state index in [0.717, 1.165) is 16.9 Å². The van der Waals surface area contributed by atoms with Gasteiger partial charge in [-0.15, -0.1) is 22.9 Å². The molecule has 0 unspecified atom stereocenters. The van der Waals surface area contributed by atoms with Crippen molar-refractivity contribution in [3.63, 3.8) is 0 Å². The van der Waals surface area contributed by atoms with Gasteiger partial charge in [0.15, 0.2) is 5.13 Å². The maximum absolute atomic E-state index is 11.3. The van der Waals surface area contributed by atoms with Crippen molar-refractivity contribution in [2.45, 2.75) is 6.61 Å². The number of aliphatic carboxylic acids is 1. The Morgan fingerprint density at radius 3 is 2.74 bits per heavy atom. The zero-order valence-corrected chi connectivity index (χ0v) is 13.3. The third-order valence-electron chi connectivity index (χ3n) is 2.55. The average molecular weight is 354 g/mol. The summed E-state index contributed by atoms with van der Waals surface area (Å²) in [6.07, 6.45) is 0. The highest BCUT2D eigenvalue weighted by molar-refractivity contribution is 7.14. The third kappa shape index (κ3) is 5.04. The summed E-state index contributed by atoms with van der Waals surface area (Å²) in [5, 5.41) is 17.0. The Labute approximate surface area is 140 Å². The number of alkyl halides is 1. The minimum atomic E-state index is -1.28. The number of amides is 1. The molecule has 0 aliphatic heterocycles. The minimum absolute atomic E-state index is 0.0976. The van der Waals surface area contributed by atoms with Crippen molar-refractivity contribution in [3.8, 4) is 0 Å². The standard InChI is InChI=1S/C14H12ClN3O4S/c15-6-11(19)17-14-16-10(8-23-14)12(13(20)21)18-22-7-9-4-2-1-3-5-9/h1-5,8H,6-7H2,(H,20,21)(H,16,17,19). The van der Waals surface area contributed by atoms with Crippen LogP contribution in [0.4, 0.5) is 5.13 Å². The van der Waals surface area contributed by atoms with E-state index in [1.165, 1.54) is 5.38 Å². The van der Waals surface area contributed by atoms with Crippen molar-refractivity contribution in [2.75, 3.05) is 11.2 Å². The smallest absolute Gasteiger partial charge is 0.360 e. The number of carbonyl (C=O) groups is 2. The number of oxime groups is 1. The maximum atomic E-state index is 11.3. The summed E-state index contributed by atoms with van der Waals surface area (Å²) in [5.41, 5.74) is 0.610. The van der Waals surface area contributed by atoms with Gasteiger partial charge in [0.1, 0.15) is 18.2 Å². The lowest BCUT2D eigenvalue weighted by Gasteiger charge is -2.01. The van der Waals surface area contributed by atoms with Gasteiger partial charge in [-0.05, 0) is 5.56 Å². The first-order valence-corrected chi connectivity index (χ1v) is 7.80. The van der Waals surface area contributed by atoms with E-state index in [4.69, 9.17) is 16.4 Å². The number of carboxylic acid groups (broad SMARTS) is 1. The zero-order chi connectivity index (χ0) is 16.7. The Morgan fingerprint density at radius 2 is 2.09 bits per heavy atom. The van der Waals surface area contributed by atoms with Gasteiger partial charge in [0.05, 0.1) is 0 Å². The first-order chi connectivity index (χ1) is 11.1. The van der Waals surface area contributed by atoms with Crippen LogP contribution in [0.3, 0.4) is 0 Å². The number of nitrogens with one attached hydrogen (secondary N) is 1. The van der Waals surface area contributed by atoms with E-state index in [2.05, 4.69) is 15.5 Å². The fourth-order valence-electron chi connectivity index (χ4n) is 1.53. The van der Waals surface area contributed by atoms with Crippen LogP contribution < -0.4 is 5.32 Å². The quantitative estimate of drug-likeness (QED) is 0.452. The Bertz CT molecular complexity index is 718. The van der Waals surface area contributed by atoms with Crippen LogP contribution in [0.5, 0.6) is 0 Å². The minimum Gasteiger partial charge on any atom is -0.476 e. The van der Waals surface area contributed by atoms with Gasteiger partial charge >= 0.3 is 5.97 Å². The number of hydrogen-bond acceptors (Lipinski definition) is 6. The van der Waals surface area contributed by atoms with Gasteiger partial charge in [-0.3, -0.25) is 4.79 Å². The molecule has 7 nitrogen and oxygen atoms in total. The highest BCUT2D eigenvalue weighted by atomic mass is 35.5. The number of anilines is 1. The predicted molar refractivity (Wildman–Crippen MR) is 86.9 cm³/mol. The van der Waals surface area contributed by atoms with Crippen LogP contribution in [0.1, 0.15) is 11.3 Å². The van der Waals surface area contributed by atoms with E-state index in [1.807, 2.05) is 30.3 Å². The fraction of sp³-hybridized carbons (Fsp3) is 0.143. The number of rotatable bonds is 7. The summed E-state index contributed by atoms with van der Waals surface area (Å²) in [6, 6.07) is 9.21. The second kappa shape index (κ2) is 8.25. The number of aromatic nitrogens is 1. The largest absolute Gasteiger partial charge is 0.476 e. The van der Waals surface area contributed by atoms with Crippen LogP contribution in [0.25, 0.3) is 0 Å². The van der Waals surface area contributed by atoms with Crippen molar-refractivity contribution in [2.24, 2.45) is 5.16 Å². The maximum Gasteiger partial charge on any atom is 0.360 e. The molecule has 9 heteroatoms. The summed E-state index contributed by atoms with van der Waals surface area (Å²) >= 11 is 6.44. The Morgan fingerprint density at radius 1 is 1.35 bits per heavy atom. The van der Waals surface area contributed by atoms with Gasteiger partial charge in [-0.25, -0.2) is 9.78 Å². The Hall–Kier alpha value is -2.45. The molecule has 120 valence electrons. The second-order valence-electron chi connectivity index (χ2n) is 4.22. The summed E-state index contributed by atoms with van der Waals surface area (Å²) in [7, 11) is 0. The average Bonchev–Trinajstić information content (AvgIpc) is 3.00. The molecule has 0 spiro atoms. The monoisotopic (exact) mass is 353 g/mol. The van der Waals surface area contributed by atoms with Gasteiger partial charge < -0.3 is 15.3 Å². The van der Waals surface area contributed by atoms with Crippen LogP contribution in [-0.4, -0.2) is 33.6 Å². The van der Waals surface area contributed by atoms with Crippen LogP contribution >= 0.6 is 22.9 Å². The number of carbonyl (C=O) groups excluding carboxylic acids is 1. The normalized spacial score (nSPS) is 11.1. The molecule has 2 rings (SSSR count). The summed E-state index contributed by atoms with van der Waals surface area (Å²) in [5.74, 6) is -1.92. The van der Waals surface area contributed by atoms with Crippen molar-refractivity contribution in [1.29, 1.82) is 0 Å². The molecule has 0 atom stereocenters. The number of benzene rings is 1. The number of halogens is 1. The van der Waals surface area contributed by atoms with Crippen LogP contribution in [0.2, 0.25) is 0 Å². The molecule has 0 radical (unpaired) electrons. The molecule has 2 aromatic rings. The lowest BCUT2D eigenvalue weighted by molar-refractivity contribution is -0.129. The first-order valence-electron chi connectivity index (χ1n) is 6.39. The SMILES string of the molecule is O=C(CCl)Nc1nc(C(=NOCc2ccccc2)C(=O)O)cs1. The van der Waals surface area contributed by atoms with Crippen molar-refractivity contribution in [1.82, 2.24) is 4.98 Å². The molecule has 0 aliphatic rings. The number of nitrogens with zero attached hydrogens (tertiary/aromatic N) is 2. The van der Waals surface area contributed by atoms with Gasteiger partial charge in [0.25, 0.3) is 0 Å². The number of hydrogen-bond donors (Lipinski definition) is 2. The molecule has 1 amide bonds. The molecule has 0 saturated heterocycles. The van der Waals surface area contributed by atoms with E-state index in [-0.39, 0.29) is 29.0 Å². The van der Waals surface area contributed by atoms with Gasteiger partial charge in [-0.1, -0.05) is 35.5 Å². The molecular formula is C14H12ClN3O4S. The van der Waals surface area contributed by atoms with Gasteiger partial charge in [-0.2, -0.15) is 0 Å². The lowest BCUT2D eigenvalue weighted by Crippen LogP contribution is -2.16. The lowest BCUT2D eigenvalue weighted by atomic mass is 10.2. The van der Waals surface area contributed by atoms with Crippen LogP contribution in [0, 0.1) is 0 Å². The summed E-state index contributed by atoms with van der Waals surface area (Å²) in [6.45, 7) is 0.137. The fourth-order valence-corrected chi connectivity index (χ4v) is 2.31. The highest BCUT2D eigenvalue weighted by Gasteiger charge is 2.18. The third-order valence-corrected chi connectivity index (χ3v) is 3.55. The highest BCUT2D eigenvalue weighted by Crippen LogP contribution is 2.16. The number of thiazole rings is 1. The molecule has 1 aromatic carbocycles. The van der Waals surface area contributed by atoms with Crippen molar-refractivity contribution >= 4 is 45.7 Å². The van der Waals surface area contributed by atoms with Crippen molar-refractivity contribution in [3.05, 3.63) is 47.0 Å². The molecule has 23 heavy (non-hydrogen) atoms. The number of carboxylic acids is 1. The summed E-state index contributed by atoms with van der Waals surface area (Å²) in [4.78, 5) is 31.5. The zero-order valence-electron chi connectivity index (χ0n) is 11.7. The van der Waals surface area contributed by atoms with Gasteiger partial charge in [0, 0.05) is 5.38 Å². The topological polar surface area (TPSA) is 101 Å². The van der Waals surface area contributed by atoms with Crippen LogP contribution in [-0.2, 0) is 21.0 Å². The van der Waals surface area contributed by atoms with E-state index >= 15 is 0 Å². The molecule has 1 heterocycles. The predicted octanol–water partition coefficient (Wildman–Crippen LogP) is 2.33. The molecule has 0 bridgehead atoms. The molecule has 0 fully saturated rings. The molecule has 0 saturated carbocycles.